The highest BCUT2D eigenvalue weighted by molar-refractivity contribution is 5.95. The van der Waals surface area contributed by atoms with Crippen LogP contribution in [0.25, 0.3) is 0 Å². The number of aromatic nitrogens is 2. The number of carbonyl (C=O) groups excluding carboxylic acids is 1. The normalized spacial score (nSPS) is 18.4. The smallest absolute Gasteiger partial charge is 0.227 e. The lowest BCUT2D eigenvalue weighted by molar-refractivity contribution is -0.117. The highest BCUT2D eigenvalue weighted by atomic mass is 16.3. The minimum Gasteiger partial charge on any atom is -0.384 e. The molecule has 0 aliphatic carbocycles. The van der Waals surface area contributed by atoms with Crippen molar-refractivity contribution >= 4 is 11.6 Å². The van der Waals surface area contributed by atoms with Gasteiger partial charge in [-0.3, -0.25) is 9.48 Å². The molecule has 1 aromatic heterocycles. The zero-order valence-electron chi connectivity index (χ0n) is 15.1. The van der Waals surface area contributed by atoms with Crippen molar-refractivity contribution in [2.75, 3.05) is 18.0 Å². The maximum Gasteiger partial charge on any atom is 0.227 e. The fourth-order valence-corrected chi connectivity index (χ4v) is 3.14. The molecule has 2 N–H and O–H groups in total. The zero-order chi connectivity index (χ0) is 18.0. The maximum atomic E-state index is 11.8. The summed E-state index contributed by atoms with van der Waals surface area (Å²) < 4.78 is 1.69. The summed E-state index contributed by atoms with van der Waals surface area (Å²) in [4.78, 5) is 13.7. The van der Waals surface area contributed by atoms with Gasteiger partial charge in [0.1, 0.15) is 5.60 Å². The van der Waals surface area contributed by atoms with E-state index in [9.17, 15) is 9.90 Å². The van der Waals surface area contributed by atoms with Gasteiger partial charge in [0.15, 0.2) is 0 Å². The summed E-state index contributed by atoms with van der Waals surface area (Å²) >= 11 is 0. The highest BCUT2D eigenvalue weighted by Gasteiger charge is 2.25. The zero-order valence-corrected chi connectivity index (χ0v) is 15.1. The molecule has 2 heterocycles. The van der Waals surface area contributed by atoms with Gasteiger partial charge in [0, 0.05) is 50.0 Å². The van der Waals surface area contributed by atoms with Gasteiger partial charge in [0.25, 0.3) is 0 Å². The van der Waals surface area contributed by atoms with Gasteiger partial charge >= 0.3 is 0 Å². The Morgan fingerprint density at radius 1 is 1.36 bits per heavy atom. The summed E-state index contributed by atoms with van der Waals surface area (Å²) in [5.41, 5.74) is 1.89. The first-order chi connectivity index (χ1) is 11.9. The van der Waals surface area contributed by atoms with Crippen LogP contribution in [-0.2, 0) is 17.4 Å². The van der Waals surface area contributed by atoms with Crippen molar-refractivity contribution in [1.29, 1.82) is 0 Å². The van der Waals surface area contributed by atoms with E-state index in [0.717, 1.165) is 29.8 Å². The topological polar surface area (TPSA) is 70.4 Å². The van der Waals surface area contributed by atoms with Crippen molar-refractivity contribution in [3.05, 3.63) is 47.8 Å². The first-order valence-corrected chi connectivity index (χ1v) is 8.72. The number of rotatable bonds is 6. The number of carbonyl (C=O) groups is 1. The summed E-state index contributed by atoms with van der Waals surface area (Å²) in [7, 11) is 1.84. The molecule has 2 aromatic rings. The Morgan fingerprint density at radius 2 is 2.08 bits per heavy atom. The van der Waals surface area contributed by atoms with E-state index in [1.165, 1.54) is 0 Å². The van der Waals surface area contributed by atoms with Gasteiger partial charge in [-0.15, -0.1) is 0 Å². The number of nitrogens with zero attached hydrogens (tertiary/aromatic N) is 3. The molecule has 1 aromatic carbocycles. The van der Waals surface area contributed by atoms with Gasteiger partial charge < -0.3 is 15.3 Å². The molecule has 3 rings (SSSR count). The maximum absolute atomic E-state index is 11.8. The lowest BCUT2D eigenvalue weighted by Crippen LogP contribution is -2.36. The van der Waals surface area contributed by atoms with Crippen LogP contribution in [0.2, 0.25) is 0 Å². The van der Waals surface area contributed by atoms with Crippen molar-refractivity contribution in [1.82, 2.24) is 15.1 Å². The minimum absolute atomic E-state index is 0.0893. The Morgan fingerprint density at radius 3 is 2.64 bits per heavy atom. The number of aliphatic hydroxyl groups is 1. The van der Waals surface area contributed by atoms with Gasteiger partial charge in [-0.2, -0.15) is 5.10 Å². The fourth-order valence-electron chi connectivity index (χ4n) is 3.14. The standard InChI is InChI=1S/C19H26N4O2/c1-14(20-13-19(2,25)16-11-21-22(3)12-16)15-6-8-17(9-7-15)23-10-4-5-18(23)24/h6-9,11-12,14,20,25H,4-5,10,13H2,1-3H3. The van der Waals surface area contributed by atoms with Gasteiger partial charge in [0.2, 0.25) is 5.91 Å². The summed E-state index contributed by atoms with van der Waals surface area (Å²) in [6.45, 7) is 5.08. The number of amides is 1. The molecule has 0 saturated carbocycles. The second-order valence-electron chi connectivity index (χ2n) is 7.02. The Kier molecular flexibility index (Phi) is 4.92. The molecule has 25 heavy (non-hydrogen) atoms. The van der Waals surface area contributed by atoms with Crippen molar-refractivity contribution in [3.63, 3.8) is 0 Å². The molecule has 0 bridgehead atoms. The van der Waals surface area contributed by atoms with Gasteiger partial charge in [-0.05, 0) is 38.0 Å². The van der Waals surface area contributed by atoms with Gasteiger partial charge in [-0.25, -0.2) is 0 Å². The SMILES string of the molecule is CC(NCC(C)(O)c1cnn(C)c1)c1ccc(N2CCCC2=O)cc1. The van der Waals surface area contributed by atoms with E-state index < -0.39 is 5.60 Å². The summed E-state index contributed by atoms with van der Waals surface area (Å²) in [6.07, 6.45) is 5.09. The van der Waals surface area contributed by atoms with E-state index in [2.05, 4.69) is 17.3 Å². The largest absolute Gasteiger partial charge is 0.384 e. The van der Waals surface area contributed by atoms with E-state index in [1.54, 1.807) is 17.8 Å². The molecule has 1 aliphatic rings. The molecule has 6 nitrogen and oxygen atoms in total. The van der Waals surface area contributed by atoms with E-state index in [4.69, 9.17) is 0 Å². The molecular formula is C19H26N4O2. The van der Waals surface area contributed by atoms with Crippen LogP contribution in [0, 0.1) is 0 Å². The molecular weight excluding hydrogens is 316 g/mol. The van der Waals surface area contributed by atoms with Crippen LogP contribution < -0.4 is 10.2 Å². The molecule has 2 unspecified atom stereocenters. The second-order valence-corrected chi connectivity index (χ2v) is 7.02. The first kappa shape index (κ1) is 17.6. The van der Waals surface area contributed by atoms with Crippen LogP contribution in [0.15, 0.2) is 36.7 Å². The minimum atomic E-state index is -0.982. The van der Waals surface area contributed by atoms with Crippen molar-refractivity contribution < 1.29 is 9.90 Å². The van der Waals surface area contributed by atoms with Crippen LogP contribution >= 0.6 is 0 Å². The Hall–Kier alpha value is -2.18. The van der Waals surface area contributed by atoms with E-state index in [-0.39, 0.29) is 11.9 Å². The van der Waals surface area contributed by atoms with Crippen LogP contribution in [0.5, 0.6) is 0 Å². The number of hydrogen-bond donors (Lipinski definition) is 2. The summed E-state index contributed by atoms with van der Waals surface area (Å²) in [5, 5.41) is 18.1. The third kappa shape index (κ3) is 3.91. The molecule has 1 saturated heterocycles. The Labute approximate surface area is 148 Å². The predicted octanol–water partition coefficient (Wildman–Crippen LogP) is 2.11. The highest BCUT2D eigenvalue weighted by Crippen LogP contribution is 2.24. The molecule has 1 fully saturated rings. The van der Waals surface area contributed by atoms with Crippen LogP contribution in [-0.4, -0.2) is 33.9 Å². The van der Waals surface area contributed by atoms with Crippen LogP contribution in [0.4, 0.5) is 5.69 Å². The number of hydrogen-bond acceptors (Lipinski definition) is 4. The molecule has 0 spiro atoms. The van der Waals surface area contributed by atoms with E-state index >= 15 is 0 Å². The second kappa shape index (κ2) is 6.98. The number of benzene rings is 1. The third-order valence-corrected chi connectivity index (χ3v) is 4.86. The molecule has 0 radical (unpaired) electrons. The Balaban J connectivity index is 1.61. The van der Waals surface area contributed by atoms with Gasteiger partial charge in [0.05, 0.1) is 6.20 Å². The number of anilines is 1. The number of aryl methyl sites for hydroxylation is 1. The molecule has 1 amide bonds. The van der Waals surface area contributed by atoms with Crippen molar-refractivity contribution in [3.8, 4) is 0 Å². The van der Waals surface area contributed by atoms with Crippen molar-refractivity contribution in [2.24, 2.45) is 7.05 Å². The lowest BCUT2D eigenvalue weighted by atomic mass is 9.98. The average Bonchev–Trinajstić information content (AvgIpc) is 3.22. The lowest BCUT2D eigenvalue weighted by Gasteiger charge is -2.25. The first-order valence-electron chi connectivity index (χ1n) is 8.72. The average molecular weight is 342 g/mol. The van der Waals surface area contributed by atoms with E-state index in [0.29, 0.717) is 13.0 Å². The number of nitrogens with one attached hydrogen (secondary N) is 1. The van der Waals surface area contributed by atoms with E-state index in [1.807, 2.05) is 42.4 Å². The molecule has 1 aliphatic heterocycles. The van der Waals surface area contributed by atoms with Gasteiger partial charge in [-0.1, -0.05) is 12.1 Å². The third-order valence-electron chi connectivity index (χ3n) is 4.86. The quantitative estimate of drug-likeness (QED) is 0.843. The summed E-state index contributed by atoms with van der Waals surface area (Å²) in [5.74, 6) is 0.200. The molecule has 2 atom stereocenters. The van der Waals surface area contributed by atoms with Crippen molar-refractivity contribution in [2.45, 2.75) is 38.3 Å². The predicted molar refractivity (Wildman–Crippen MR) is 97.2 cm³/mol. The summed E-state index contributed by atoms with van der Waals surface area (Å²) in [6, 6.07) is 8.16. The fraction of sp³-hybridized carbons (Fsp3) is 0.474. The Bertz CT molecular complexity index is 736. The van der Waals surface area contributed by atoms with Crippen LogP contribution in [0.1, 0.15) is 43.9 Å². The monoisotopic (exact) mass is 342 g/mol. The molecule has 6 heteroatoms. The molecule has 134 valence electrons. The van der Waals surface area contributed by atoms with Crippen LogP contribution in [0.3, 0.4) is 0 Å².